The molecule has 0 amide bonds. The Balaban J connectivity index is 0. The molecule has 0 saturated heterocycles. The molecule has 0 aromatic heterocycles. The highest BCUT2D eigenvalue weighted by Crippen LogP contribution is 2.12. The summed E-state index contributed by atoms with van der Waals surface area (Å²) in [6.45, 7) is 8.87. The van der Waals surface area contributed by atoms with Crippen LogP contribution in [0, 0.1) is 10.8 Å². The van der Waals surface area contributed by atoms with Crippen LogP contribution in [0.1, 0.15) is 34.6 Å². The SMILES string of the molecule is CC(C)(C)CO.CC(C)(CO)C(=O)O. The van der Waals surface area contributed by atoms with Crippen molar-refractivity contribution in [1.82, 2.24) is 0 Å². The van der Waals surface area contributed by atoms with Crippen molar-refractivity contribution < 1.29 is 20.1 Å². The maximum absolute atomic E-state index is 10.1. The number of carboxylic acid groups (broad SMARTS) is 1. The summed E-state index contributed by atoms with van der Waals surface area (Å²) in [6.07, 6.45) is 0. The quantitative estimate of drug-likeness (QED) is 0.632. The van der Waals surface area contributed by atoms with Gasteiger partial charge in [0.2, 0.25) is 0 Å². The van der Waals surface area contributed by atoms with Crippen LogP contribution in [0.2, 0.25) is 0 Å². The predicted molar refractivity (Wildman–Crippen MR) is 55.0 cm³/mol. The number of aliphatic hydroxyl groups excluding tert-OH is 2. The van der Waals surface area contributed by atoms with Crippen molar-refractivity contribution in [3.63, 3.8) is 0 Å². The molecule has 0 atom stereocenters. The molecule has 0 saturated carbocycles. The number of rotatable bonds is 2. The van der Waals surface area contributed by atoms with E-state index in [0.29, 0.717) is 0 Å². The van der Waals surface area contributed by atoms with Gasteiger partial charge in [-0.3, -0.25) is 4.79 Å². The molecule has 0 aliphatic carbocycles. The first-order valence-corrected chi connectivity index (χ1v) is 4.52. The zero-order chi connectivity index (χ0) is 12.0. The molecular weight excluding hydrogens is 184 g/mol. The lowest BCUT2D eigenvalue weighted by atomic mass is 9.96. The maximum atomic E-state index is 10.1. The van der Waals surface area contributed by atoms with Gasteiger partial charge in [0.1, 0.15) is 0 Å². The molecule has 0 rings (SSSR count). The number of aliphatic hydroxyl groups is 2. The summed E-state index contributed by atoms with van der Waals surface area (Å²) >= 11 is 0. The van der Waals surface area contributed by atoms with Crippen molar-refractivity contribution in [2.45, 2.75) is 34.6 Å². The molecule has 0 aromatic carbocycles. The van der Waals surface area contributed by atoms with Crippen molar-refractivity contribution in [1.29, 1.82) is 0 Å². The molecule has 0 unspecified atom stereocenters. The van der Waals surface area contributed by atoms with Gasteiger partial charge < -0.3 is 15.3 Å². The highest BCUT2D eigenvalue weighted by molar-refractivity contribution is 5.73. The lowest BCUT2D eigenvalue weighted by Gasteiger charge is -2.13. The molecule has 0 radical (unpaired) electrons. The van der Waals surface area contributed by atoms with Crippen molar-refractivity contribution >= 4 is 5.97 Å². The molecule has 4 nitrogen and oxygen atoms in total. The molecule has 0 bridgehead atoms. The summed E-state index contributed by atoms with van der Waals surface area (Å²) in [5.74, 6) is -0.972. The van der Waals surface area contributed by atoms with Gasteiger partial charge in [0.25, 0.3) is 0 Å². The maximum Gasteiger partial charge on any atom is 0.311 e. The fourth-order valence-electron chi connectivity index (χ4n) is 0.0676. The van der Waals surface area contributed by atoms with Gasteiger partial charge in [0, 0.05) is 6.61 Å². The first-order valence-electron chi connectivity index (χ1n) is 4.52. The minimum absolute atomic E-state index is 0.0972. The third-order valence-corrected chi connectivity index (χ3v) is 1.45. The summed E-state index contributed by atoms with van der Waals surface area (Å²) in [7, 11) is 0. The van der Waals surface area contributed by atoms with E-state index >= 15 is 0 Å². The van der Waals surface area contributed by atoms with E-state index in [1.54, 1.807) is 0 Å². The van der Waals surface area contributed by atoms with Crippen LogP contribution in [-0.2, 0) is 4.79 Å². The molecule has 86 valence electrons. The van der Waals surface area contributed by atoms with Crippen molar-refractivity contribution in [3.05, 3.63) is 0 Å². The van der Waals surface area contributed by atoms with Crippen LogP contribution in [0.4, 0.5) is 0 Å². The number of hydrogen-bond acceptors (Lipinski definition) is 3. The highest BCUT2D eigenvalue weighted by atomic mass is 16.4. The number of aliphatic carboxylic acids is 1. The average molecular weight is 206 g/mol. The van der Waals surface area contributed by atoms with Gasteiger partial charge in [0.15, 0.2) is 0 Å². The normalized spacial score (nSPS) is 11.6. The first kappa shape index (κ1) is 15.8. The van der Waals surface area contributed by atoms with Gasteiger partial charge in [-0.2, -0.15) is 0 Å². The minimum atomic E-state index is -0.986. The molecular formula is C10H22O4. The minimum Gasteiger partial charge on any atom is -0.481 e. The molecule has 0 fully saturated rings. The van der Waals surface area contributed by atoms with Gasteiger partial charge in [-0.25, -0.2) is 0 Å². The van der Waals surface area contributed by atoms with Crippen molar-refractivity contribution in [2.75, 3.05) is 13.2 Å². The smallest absolute Gasteiger partial charge is 0.311 e. The molecule has 0 aromatic rings. The molecule has 0 aliphatic heterocycles. The molecule has 3 N–H and O–H groups in total. The lowest BCUT2D eigenvalue weighted by molar-refractivity contribution is -0.148. The van der Waals surface area contributed by atoms with Crippen LogP contribution in [0.25, 0.3) is 0 Å². The summed E-state index contributed by atoms with van der Waals surface area (Å²) in [6, 6.07) is 0. The third kappa shape index (κ3) is 9.48. The van der Waals surface area contributed by atoms with Gasteiger partial charge in [0.05, 0.1) is 12.0 Å². The average Bonchev–Trinajstić information content (AvgIpc) is 2.04. The fraction of sp³-hybridized carbons (Fsp3) is 0.900. The topological polar surface area (TPSA) is 77.8 Å². The molecule has 0 heterocycles. The number of hydrogen-bond donors (Lipinski definition) is 3. The van der Waals surface area contributed by atoms with Crippen LogP contribution >= 0.6 is 0 Å². The largest absolute Gasteiger partial charge is 0.481 e. The second-order valence-corrected chi connectivity index (χ2v) is 5.07. The number of carboxylic acids is 1. The van der Waals surface area contributed by atoms with E-state index in [1.165, 1.54) is 13.8 Å². The predicted octanol–water partition coefficient (Wildman–Crippen LogP) is 1.11. The lowest BCUT2D eigenvalue weighted by Crippen LogP contribution is -2.27. The Morgan fingerprint density at radius 2 is 1.29 bits per heavy atom. The summed E-state index contributed by atoms with van der Waals surface area (Å²) < 4.78 is 0. The van der Waals surface area contributed by atoms with Gasteiger partial charge >= 0.3 is 5.97 Å². The fourth-order valence-corrected chi connectivity index (χ4v) is 0.0676. The Hall–Kier alpha value is -0.610. The monoisotopic (exact) mass is 206 g/mol. The third-order valence-electron chi connectivity index (χ3n) is 1.45. The second kappa shape index (κ2) is 5.98. The van der Waals surface area contributed by atoms with Crippen LogP contribution < -0.4 is 0 Å². The van der Waals surface area contributed by atoms with E-state index in [1.807, 2.05) is 20.8 Å². The Morgan fingerprint density at radius 3 is 1.29 bits per heavy atom. The van der Waals surface area contributed by atoms with E-state index in [-0.39, 0.29) is 18.6 Å². The van der Waals surface area contributed by atoms with E-state index in [9.17, 15) is 4.79 Å². The van der Waals surface area contributed by atoms with Crippen molar-refractivity contribution in [3.8, 4) is 0 Å². The Bertz CT molecular complexity index is 167. The number of carbonyl (C=O) groups is 1. The van der Waals surface area contributed by atoms with Gasteiger partial charge in [-0.1, -0.05) is 20.8 Å². The zero-order valence-corrected chi connectivity index (χ0v) is 9.66. The van der Waals surface area contributed by atoms with E-state index < -0.39 is 11.4 Å². The zero-order valence-electron chi connectivity index (χ0n) is 9.66. The summed E-state index contributed by atoms with van der Waals surface area (Å²) in [5, 5.41) is 25.1. The Morgan fingerprint density at radius 1 is 1.00 bits per heavy atom. The summed E-state index contributed by atoms with van der Waals surface area (Å²) in [5.41, 5.74) is -0.889. The first-order chi connectivity index (χ1) is 6.06. The van der Waals surface area contributed by atoms with Crippen LogP contribution in [0.5, 0.6) is 0 Å². The molecule has 0 spiro atoms. The van der Waals surface area contributed by atoms with Crippen LogP contribution in [0.3, 0.4) is 0 Å². The Labute approximate surface area is 85.6 Å². The van der Waals surface area contributed by atoms with E-state index in [4.69, 9.17) is 15.3 Å². The van der Waals surface area contributed by atoms with E-state index in [2.05, 4.69) is 0 Å². The van der Waals surface area contributed by atoms with Crippen LogP contribution in [0.15, 0.2) is 0 Å². The molecule has 14 heavy (non-hydrogen) atoms. The van der Waals surface area contributed by atoms with Crippen LogP contribution in [-0.4, -0.2) is 34.5 Å². The van der Waals surface area contributed by atoms with Crippen molar-refractivity contribution in [2.24, 2.45) is 10.8 Å². The molecule has 0 aliphatic rings. The standard InChI is InChI=1S/C5H10O3.C5H12O/c1-5(2,3-6)4(7)8;1-5(2,3)4-6/h6H,3H2,1-2H3,(H,7,8);6H,4H2,1-3H3. The van der Waals surface area contributed by atoms with Gasteiger partial charge in [-0.05, 0) is 19.3 Å². The summed E-state index contributed by atoms with van der Waals surface area (Å²) in [4.78, 5) is 10.1. The van der Waals surface area contributed by atoms with E-state index in [0.717, 1.165) is 0 Å². The van der Waals surface area contributed by atoms with Gasteiger partial charge in [-0.15, -0.1) is 0 Å². The highest BCUT2D eigenvalue weighted by Gasteiger charge is 2.25. The molecule has 4 heteroatoms. The Kier molecular flexibility index (Phi) is 6.77. The second-order valence-electron chi connectivity index (χ2n) is 5.07.